The maximum absolute atomic E-state index is 13.1. The zero-order chi connectivity index (χ0) is 15.0. The third kappa shape index (κ3) is 27.7. The van der Waals surface area contributed by atoms with E-state index in [2.05, 4.69) is 16.0 Å². The zero-order valence-corrected chi connectivity index (χ0v) is 19.2. The normalized spacial score (nSPS) is 8.47. The predicted octanol–water partition coefficient (Wildman–Crippen LogP) is 3.64. The van der Waals surface area contributed by atoms with E-state index in [9.17, 15) is 3.50 Å². The molecule has 0 fully saturated rings. The molecule has 0 heterocycles. The first-order valence-corrected chi connectivity index (χ1v) is 11.7. The molecule has 1 rings (SSSR count). The Morgan fingerprint density at radius 1 is 0.789 bits per heavy atom. The Morgan fingerprint density at radius 2 is 1.00 bits per heavy atom. The Kier molecular flexibility index (Phi) is 30.6. The third-order valence-electron chi connectivity index (χ3n) is 1.35. The molecular weight excluding hydrogens is 468 g/mol. The van der Waals surface area contributed by atoms with Crippen molar-refractivity contribution in [3.05, 3.63) is 40.2 Å². The smallest absolute Gasteiger partial charge is 4.00 e. The molecular formula is C13H28FGeHfN3. The molecule has 0 saturated carbocycles. The van der Waals surface area contributed by atoms with Gasteiger partial charge in [0.15, 0.2) is 0 Å². The molecule has 0 aliphatic carbocycles. The first-order chi connectivity index (χ1) is 8.35. The fraction of sp³-hybridized carbons (Fsp3) is 0.615. The summed E-state index contributed by atoms with van der Waals surface area (Å²) >= 11 is -2.94. The summed E-state index contributed by atoms with van der Waals surface area (Å²) in [5.41, 5.74) is 0. The standard InChI is InChI=1S/C7H10FGe.3C2H6N.Hf/c1-9(2,8)7-5-3-4-6-7;3*1-3-2;/h3-6H,1-2H3;3*1-2H3;/q4*-1;+4. The average molecular weight is 496 g/mol. The van der Waals surface area contributed by atoms with Crippen molar-refractivity contribution < 1.29 is 29.3 Å². The minimum atomic E-state index is -2.94. The van der Waals surface area contributed by atoms with E-state index in [1.54, 1.807) is 53.8 Å². The van der Waals surface area contributed by atoms with Crippen LogP contribution in [0.3, 0.4) is 0 Å². The van der Waals surface area contributed by atoms with Crippen molar-refractivity contribution in [1.82, 2.24) is 0 Å². The maximum Gasteiger partial charge on any atom is 4.00 e. The maximum atomic E-state index is 13.1. The van der Waals surface area contributed by atoms with Crippen LogP contribution in [-0.2, 0) is 25.8 Å². The summed E-state index contributed by atoms with van der Waals surface area (Å²) < 4.78 is 14.1. The summed E-state index contributed by atoms with van der Waals surface area (Å²) in [6.45, 7) is 0. The third-order valence-corrected chi connectivity index (χ3v) is 4.93. The van der Waals surface area contributed by atoms with Crippen molar-refractivity contribution in [2.45, 2.75) is 11.5 Å². The van der Waals surface area contributed by atoms with Crippen molar-refractivity contribution in [3.63, 3.8) is 0 Å². The summed E-state index contributed by atoms with van der Waals surface area (Å²) in [5.74, 6) is 3.49. The monoisotopic (exact) mass is 499 g/mol. The minimum Gasteiger partial charge on any atom is 4.00 e. The topological polar surface area (TPSA) is 42.3 Å². The summed E-state index contributed by atoms with van der Waals surface area (Å²) in [5, 5.41) is 10.5. The Balaban J connectivity index is -0.0000000956. The van der Waals surface area contributed by atoms with Gasteiger partial charge in [-0.2, -0.15) is 42.3 Å². The van der Waals surface area contributed by atoms with Gasteiger partial charge in [0.2, 0.25) is 0 Å². The molecule has 1 aromatic carbocycles. The first kappa shape index (κ1) is 27.8. The predicted molar refractivity (Wildman–Crippen MR) is 85.9 cm³/mol. The molecule has 0 N–H and O–H groups in total. The molecule has 1 aromatic rings. The van der Waals surface area contributed by atoms with Gasteiger partial charge in [-0.15, -0.1) is 0 Å². The van der Waals surface area contributed by atoms with Crippen LogP contribution in [0.1, 0.15) is 0 Å². The summed E-state index contributed by atoms with van der Waals surface area (Å²) in [4.78, 5) is 0. The minimum absolute atomic E-state index is 0. The van der Waals surface area contributed by atoms with E-state index < -0.39 is 13.7 Å². The molecule has 3 nitrogen and oxygen atoms in total. The van der Waals surface area contributed by atoms with Crippen molar-refractivity contribution in [2.24, 2.45) is 0 Å². The molecule has 110 valence electrons. The van der Waals surface area contributed by atoms with Crippen molar-refractivity contribution in [2.75, 3.05) is 42.3 Å². The summed E-state index contributed by atoms with van der Waals surface area (Å²) in [6, 6.07) is 7.53. The van der Waals surface area contributed by atoms with Gasteiger partial charge in [-0.25, -0.2) is 0 Å². The molecule has 0 radical (unpaired) electrons. The molecule has 0 aliphatic rings. The summed E-state index contributed by atoms with van der Waals surface area (Å²) in [6.07, 6.45) is 0. The van der Waals surface area contributed by atoms with Crippen LogP contribution in [0.5, 0.6) is 0 Å². The molecule has 0 atom stereocenters. The van der Waals surface area contributed by atoms with Gasteiger partial charge in [0.25, 0.3) is 0 Å². The van der Waals surface area contributed by atoms with Gasteiger partial charge in [0.1, 0.15) is 0 Å². The van der Waals surface area contributed by atoms with Crippen LogP contribution in [0.25, 0.3) is 16.0 Å². The van der Waals surface area contributed by atoms with Crippen molar-refractivity contribution in [3.8, 4) is 0 Å². The number of rotatable bonds is 1. The van der Waals surface area contributed by atoms with Gasteiger partial charge in [-0.05, 0) is 0 Å². The number of nitrogens with zero attached hydrogens (tertiary/aromatic N) is 3. The van der Waals surface area contributed by atoms with Gasteiger partial charge < -0.3 is 16.0 Å². The average Bonchev–Trinajstić information content (AvgIpc) is 2.72. The zero-order valence-electron chi connectivity index (χ0n) is 13.5. The van der Waals surface area contributed by atoms with Gasteiger partial charge in [-0.3, -0.25) is 0 Å². The van der Waals surface area contributed by atoms with E-state index in [4.69, 9.17) is 0 Å². The van der Waals surface area contributed by atoms with Gasteiger partial charge in [-0.1, -0.05) is 0 Å². The van der Waals surface area contributed by atoms with Crippen LogP contribution < -0.4 is 4.40 Å². The van der Waals surface area contributed by atoms with Crippen LogP contribution in [0.2, 0.25) is 11.5 Å². The molecule has 0 bridgehead atoms. The number of hydrogen-bond donors (Lipinski definition) is 0. The van der Waals surface area contributed by atoms with E-state index in [0.29, 0.717) is 0 Å². The Hall–Kier alpha value is 0.573. The molecule has 6 heteroatoms. The molecule has 0 spiro atoms. The molecule has 0 aromatic heterocycles. The first-order valence-electron chi connectivity index (χ1n) is 5.70. The van der Waals surface area contributed by atoms with E-state index in [-0.39, 0.29) is 25.8 Å². The van der Waals surface area contributed by atoms with Crippen LogP contribution in [-0.4, -0.2) is 56.0 Å². The molecule has 0 amide bonds. The largest absolute Gasteiger partial charge is 4.00 e. The number of halogens is 1. The van der Waals surface area contributed by atoms with Crippen LogP contribution in [0.4, 0.5) is 3.50 Å². The van der Waals surface area contributed by atoms with Crippen LogP contribution in [0, 0.1) is 0 Å². The van der Waals surface area contributed by atoms with Crippen molar-refractivity contribution in [1.29, 1.82) is 0 Å². The Morgan fingerprint density at radius 3 is 1.11 bits per heavy atom. The van der Waals surface area contributed by atoms with E-state index >= 15 is 0 Å². The quantitative estimate of drug-likeness (QED) is 0.421. The SMILES string of the molecule is C[N-]C.C[N-]C.C[N-]C.[CH3][Ge]([CH3])([F])[c-]1cccc1.[Hf+4]. The van der Waals surface area contributed by atoms with Gasteiger partial charge >= 0.3 is 83.2 Å². The van der Waals surface area contributed by atoms with Gasteiger partial charge in [0.05, 0.1) is 0 Å². The summed E-state index contributed by atoms with van der Waals surface area (Å²) in [7, 11) is 10.5. The molecule has 19 heavy (non-hydrogen) atoms. The van der Waals surface area contributed by atoms with Gasteiger partial charge in [0, 0.05) is 0 Å². The van der Waals surface area contributed by atoms with E-state index in [1.807, 2.05) is 24.3 Å². The second-order valence-corrected chi connectivity index (χ2v) is 11.4. The Labute approximate surface area is 141 Å². The van der Waals surface area contributed by atoms with Crippen LogP contribution in [0.15, 0.2) is 24.3 Å². The van der Waals surface area contributed by atoms with Crippen LogP contribution >= 0.6 is 0 Å². The molecule has 0 unspecified atom stereocenters. The molecule has 0 aliphatic heterocycles. The number of hydrogen-bond acceptors (Lipinski definition) is 0. The second kappa shape index (κ2) is 20.9. The van der Waals surface area contributed by atoms with E-state index in [0.717, 1.165) is 4.40 Å². The molecule has 0 saturated heterocycles. The van der Waals surface area contributed by atoms with E-state index in [1.165, 1.54) is 0 Å². The fourth-order valence-corrected chi connectivity index (χ4v) is 2.84. The second-order valence-electron chi connectivity index (χ2n) is 3.99. The van der Waals surface area contributed by atoms with Crippen molar-refractivity contribution >= 4 is 18.1 Å². The Bertz CT molecular complexity index is 222. The fourth-order valence-electron chi connectivity index (χ4n) is 0.770.